The van der Waals surface area contributed by atoms with Crippen molar-refractivity contribution < 1.29 is 4.42 Å². The lowest BCUT2D eigenvalue weighted by Crippen LogP contribution is -2.03. The summed E-state index contributed by atoms with van der Waals surface area (Å²) in [5.74, 6) is 0.607. The van der Waals surface area contributed by atoms with Crippen molar-refractivity contribution in [2.24, 2.45) is 0 Å². The summed E-state index contributed by atoms with van der Waals surface area (Å²) < 4.78 is 8.97. The Morgan fingerprint density at radius 2 is 1.10 bits per heavy atom. The van der Waals surface area contributed by atoms with Gasteiger partial charge in [-0.25, -0.2) is 9.97 Å². The maximum Gasteiger partial charge on any atom is 0.235 e. The van der Waals surface area contributed by atoms with Crippen molar-refractivity contribution in [3.8, 4) is 39.5 Å². The zero-order valence-corrected chi connectivity index (χ0v) is 25.8. The number of aromatic nitrogens is 3. The lowest BCUT2D eigenvalue weighted by Gasteiger charge is -2.12. The van der Waals surface area contributed by atoms with E-state index in [1.54, 1.807) is 0 Å². The molecule has 10 rings (SSSR count). The maximum absolute atomic E-state index is 6.77. The number of para-hydroxylation sites is 3. The van der Waals surface area contributed by atoms with Crippen molar-refractivity contribution in [3.05, 3.63) is 164 Å². The van der Waals surface area contributed by atoms with Gasteiger partial charge in [-0.15, -0.1) is 0 Å². The summed E-state index contributed by atoms with van der Waals surface area (Å²) >= 11 is 0. The molecule has 0 amide bonds. The summed E-state index contributed by atoms with van der Waals surface area (Å²) in [6.07, 6.45) is 0. The van der Waals surface area contributed by atoms with Gasteiger partial charge in [-0.1, -0.05) is 133 Å². The predicted molar refractivity (Wildman–Crippen MR) is 197 cm³/mol. The van der Waals surface area contributed by atoms with Crippen LogP contribution in [-0.2, 0) is 0 Å². The molecule has 4 heteroatoms. The number of hydrogen-bond donors (Lipinski definition) is 0. The molecule has 0 saturated heterocycles. The first-order valence-electron chi connectivity index (χ1n) is 16.2. The molecule has 0 aliphatic heterocycles. The summed E-state index contributed by atoms with van der Waals surface area (Å²) in [6, 6.07) is 57.2. The van der Waals surface area contributed by atoms with E-state index in [9.17, 15) is 0 Å². The second kappa shape index (κ2) is 10.5. The van der Waals surface area contributed by atoms with Crippen LogP contribution in [0.4, 0.5) is 0 Å². The number of fused-ring (bicyclic) bond motifs is 8. The van der Waals surface area contributed by atoms with Crippen LogP contribution < -0.4 is 0 Å². The molecule has 0 atom stereocenters. The van der Waals surface area contributed by atoms with Crippen LogP contribution in [0.25, 0.3) is 94.1 Å². The van der Waals surface area contributed by atoms with Crippen molar-refractivity contribution in [2.45, 2.75) is 0 Å². The Kier molecular flexibility index (Phi) is 5.84. The highest BCUT2D eigenvalue weighted by Crippen LogP contribution is 2.45. The largest absolute Gasteiger partial charge is 0.454 e. The lowest BCUT2D eigenvalue weighted by molar-refractivity contribution is 0.671. The highest BCUT2D eigenvalue weighted by atomic mass is 16.3. The fourth-order valence-electron chi connectivity index (χ4n) is 7.24. The van der Waals surface area contributed by atoms with Gasteiger partial charge in [0.2, 0.25) is 5.95 Å². The standard InChI is InChI=1S/C44H27N3O/c1-3-14-28(15-4-1)30-18-13-19-31(26-30)35-27-36-32-20-9-12-25-39(32)48-43(36)42-40(35)34-22-8-11-24-38(34)47(42)44-45-37-23-10-7-21-33(37)41(46-44)29-16-5-2-6-17-29/h1-27H. The average Bonchev–Trinajstić information content (AvgIpc) is 3.71. The fraction of sp³-hybridized carbons (Fsp3) is 0. The molecule has 224 valence electrons. The predicted octanol–water partition coefficient (Wildman–Crippen LogP) is 11.6. The van der Waals surface area contributed by atoms with Crippen molar-refractivity contribution >= 4 is 54.6 Å². The third-order valence-corrected chi connectivity index (χ3v) is 9.40. The van der Waals surface area contributed by atoms with Crippen molar-refractivity contribution in [2.75, 3.05) is 0 Å². The van der Waals surface area contributed by atoms with Gasteiger partial charge in [0.1, 0.15) is 11.1 Å². The smallest absolute Gasteiger partial charge is 0.235 e. The maximum atomic E-state index is 6.77. The highest BCUT2D eigenvalue weighted by Gasteiger charge is 2.24. The molecule has 0 unspecified atom stereocenters. The first kappa shape index (κ1) is 26.7. The summed E-state index contributed by atoms with van der Waals surface area (Å²) in [5.41, 5.74) is 11.1. The van der Waals surface area contributed by atoms with E-state index in [-0.39, 0.29) is 0 Å². The molecule has 0 aliphatic carbocycles. The monoisotopic (exact) mass is 613 g/mol. The van der Waals surface area contributed by atoms with E-state index in [0.29, 0.717) is 5.95 Å². The van der Waals surface area contributed by atoms with Crippen LogP contribution in [0.15, 0.2) is 168 Å². The average molecular weight is 614 g/mol. The first-order chi connectivity index (χ1) is 23.8. The van der Waals surface area contributed by atoms with E-state index >= 15 is 0 Å². The molecule has 3 aromatic heterocycles. The zero-order valence-electron chi connectivity index (χ0n) is 25.8. The molecule has 7 aromatic carbocycles. The van der Waals surface area contributed by atoms with Crippen LogP contribution in [0.5, 0.6) is 0 Å². The quantitative estimate of drug-likeness (QED) is 0.198. The van der Waals surface area contributed by atoms with E-state index in [0.717, 1.165) is 77.0 Å². The van der Waals surface area contributed by atoms with Crippen LogP contribution in [0.1, 0.15) is 0 Å². The van der Waals surface area contributed by atoms with E-state index < -0.39 is 0 Å². The molecule has 0 fully saturated rings. The fourth-order valence-corrected chi connectivity index (χ4v) is 7.24. The van der Waals surface area contributed by atoms with Crippen molar-refractivity contribution in [3.63, 3.8) is 0 Å². The molecule has 0 N–H and O–H groups in total. The Morgan fingerprint density at radius 3 is 1.94 bits per heavy atom. The molecular formula is C44H27N3O. The zero-order chi connectivity index (χ0) is 31.6. The summed E-state index contributed by atoms with van der Waals surface area (Å²) in [7, 11) is 0. The molecular weight excluding hydrogens is 587 g/mol. The number of rotatable bonds is 4. The molecule has 0 bridgehead atoms. The minimum Gasteiger partial charge on any atom is -0.454 e. The van der Waals surface area contributed by atoms with Gasteiger partial charge in [-0.2, -0.15) is 0 Å². The highest BCUT2D eigenvalue weighted by molar-refractivity contribution is 6.26. The molecule has 0 saturated carbocycles. The van der Waals surface area contributed by atoms with Gasteiger partial charge in [0.05, 0.1) is 16.7 Å². The number of nitrogens with zero attached hydrogens (tertiary/aromatic N) is 3. The number of benzene rings is 7. The third kappa shape index (κ3) is 4.03. The molecule has 48 heavy (non-hydrogen) atoms. The molecule has 4 nitrogen and oxygen atoms in total. The molecule has 3 heterocycles. The minimum atomic E-state index is 0.607. The second-order valence-corrected chi connectivity index (χ2v) is 12.2. The second-order valence-electron chi connectivity index (χ2n) is 12.2. The first-order valence-corrected chi connectivity index (χ1v) is 16.2. The van der Waals surface area contributed by atoms with Crippen LogP contribution in [0.3, 0.4) is 0 Å². The van der Waals surface area contributed by atoms with Crippen LogP contribution >= 0.6 is 0 Å². The summed E-state index contributed by atoms with van der Waals surface area (Å²) in [6.45, 7) is 0. The van der Waals surface area contributed by atoms with Gasteiger partial charge >= 0.3 is 0 Å². The van der Waals surface area contributed by atoms with Gasteiger partial charge in [-0.3, -0.25) is 4.57 Å². The molecule has 0 radical (unpaired) electrons. The summed E-state index contributed by atoms with van der Waals surface area (Å²) in [4.78, 5) is 10.6. The molecule has 10 aromatic rings. The van der Waals surface area contributed by atoms with E-state index in [4.69, 9.17) is 14.4 Å². The van der Waals surface area contributed by atoms with Crippen molar-refractivity contribution in [1.82, 2.24) is 14.5 Å². The van der Waals surface area contributed by atoms with E-state index in [2.05, 4.69) is 138 Å². The summed E-state index contributed by atoms with van der Waals surface area (Å²) in [5, 5.41) is 5.39. The minimum absolute atomic E-state index is 0.607. The van der Waals surface area contributed by atoms with E-state index in [1.807, 2.05) is 30.3 Å². The Morgan fingerprint density at radius 1 is 0.458 bits per heavy atom. The Hall–Kier alpha value is -6.52. The van der Waals surface area contributed by atoms with Gasteiger partial charge < -0.3 is 4.42 Å². The third-order valence-electron chi connectivity index (χ3n) is 9.40. The van der Waals surface area contributed by atoms with Gasteiger partial charge in [0.25, 0.3) is 0 Å². The van der Waals surface area contributed by atoms with E-state index in [1.165, 1.54) is 11.1 Å². The van der Waals surface area contributed by atoms with Crippen LogP contribution in [0, 0.1) is 0 Å². The van der Waals surface area contributed by atoms with Gasteiger partial charge in [-0.05, 0) is 52.6 Å². The lowest BCUT2D eigenvalue weighted by atomic mass is 9.94. The van der Waals surface area contributed by atoms with Crippen molar-refractivity contribution in [1.29, 1.82) is 0 Å². The SMILES string of the molecule is c1ccc(-c2cccc(-c3cc4c5ccccc5oc4c4c3c3ccccc3n4-c3nc(-c4ccccc4)c4ccccc4n3)c2)cc1. The Balaban J connectivity index is 1.37. The Bertz CT molecular complexity index is 2830. The number of furan rings is 1. The topological polar surface area (TPSA) is 43.9 Å². The van der Waals surface area contributed by atoms with Gasteiger partial charge in [0.15, 0.2) is 5.58 Å². The Labute approximate surface area is 276 Å². The number of hydrogen-bond acceptors (Lipinski definition) is 3. The molecule has 0 aliphatic rings. The van der Waals surface area contributed by atoms with Crippen LogP contribution in [-0.4, -0.2) is 14.5 Å². The van der Waals surface area contributed by atoms with Gasteiger partial charge in [0, 0.05) is 32.5 Å². The van der Waals surface area contributed by atoms with Crippen LogP contribution in [0.2, 0.25) is 0 Å². The molecule has 0 spiro atoms. The normalized spacial score (nSPS) is 11.8.